The van der Waals surface area contributed by atoms with Gasteiger partial charge in [-0.3, -0.25) is 0 Å². The van der Waals surface area contributed by atoms with Gasteiger partial charge >= 0.3 is 0 Å². The number of fused-ring (bicyclic) bond motifs is 12. The number of rotatable bonds is 8. The van der Waals surface area contributed by atoms with Crippen molar-refractivity contribution in [3.05, 3.63) is 303 Å². The van der Waals surface area contributed by atoms with Crippen molar-refractivity contribution in [1.29, 1.82) is 0 Å². The van der Waals surface area contributed by atoms with Crippen LogP contribution in [0.15, 0.2) is 312 Å². The average Bonchev–Trinajstić information content (AvgIpc) is 1.92. The van der Waals surface area contributed by atoms with Crippen LogP contribution >= 0.6 is 0 Å². The Kier molecular flexibility index (Phi) is 12.0. The van der Waals surface area contributed by atoms with Crippen LogP contribution in [0.2, 0.25) is 0 Å². The lowest BCUT2D eigenvalue weighted by atomic mass is 10.0. The number of hydrogen-bond donors (Lipinski definition) is 0. The van der Waals surface area contributed by atoms with Crippen LogP contribution in [-0.4, -0.2) is 29.1 Å². The normalized spacial score (nSPS) is 11.6. The highest BCUT2D eigenvalue weighted by Gasteiger charge is 2.22. The van der Waals surface area contributed by atoms with Gasteiger partial charge in [0, 0.05) is 65.9 Å². The first-order chi connectivity index (χ1) is 43.6. The van der Waals surface area contributed by atoms with Crippen LogP contribution in [0.5, 0.6) is 0 Å². The van der Waals surface area contributed by atoms with E-state index in [1.165, 1.54) is 43.6 Å². The summed E-state index contributed by atoms with van der Waals surface area (Å²) in [5.41, 5.74) is 21.7. The lowest BCUT2D eigenvalue weighted by Crippen LogP contribution is -1.93. The Morgan fingerprint density at radius 1 is 0.227 bits per heavy atom. The number of benzene rings is 12. The summed E-state index contributed by atoms with van der Waals surface area (Å²) in [7, 11) is 0. The van der Waals surface area contributed by atoms with Crippen LogP contribution in [0.4, 0.5) is 0 Å². The molecule has 0 saturated carbocycles. The van der Waals surface area contributed by atoms with E-state index in [0.717, 1.165) is 100 Å². The van der Waals surface area contributed by atoms with E-state index in [1.54, 1.807) is 0 Å². The summed E-state index contributed by atoms with van der Waals surface area (Å²) < 4.78 is 17.6. The molecule has 0 atom stereocenters. The smallest absolute Gasteiger partial charge is 0.180 e. The highest BCUT2D eigenvalue weighted by molar-refractivity contribution is 6.14. The molecule has 18 rings (SSSR count). The number of furan rings is 2. The van der Waals surface area contributed by atoms with Crippen LogP contribution in [0.3, 0.4) is 0 Å². The standard InChI is InChI=1S/2C40H25N3O/c2*1-4-12-26(13-5-1)37-39-38(42-40(41-37)27-14-6-2-7-15-27)33-25-29(21-23-36(33)44-39)28-20-22-35-32(24-28)31-18-10-11-19-34(31)43(35)30-16-8-3-9-17-30/h2*1-25H. The van der Waals surface area contributed by atoms with E-state index in [1.807, 2.05) is 97.1 Å². The average molecular weight is 1130 g/mol. The largest absolute Gasteiger partial charge is 0.452 e. The molecule has 0 unspecified atom stereocenters. The van der Waals surface area contributed by atoms with E-state index in [2.05, 4.69) is 215 Å². The fourth-order valence-electron chi connectivity index (χ4n) is 12.7. The second kappa shape index (κ2) is 21.0. The summed E-state index contributed by atoms with van der Waals surface area (Å²) >= 11 is 0. The fraction of sp³-hybridized carbons (Fsp3) is 0. The third-order valence-electron chi connectivity index (χ3n) is 16.8. The molecule has 12 aromatic carbocycles. The van der Waals surface area contributed by atoms with Crippen LogP contribution < -0.4 is 0 Å². The Bertz CT molecular complexity index is 5310. The van der Waals surface area contributed by atoms with E-state index in [0.29, 0.717) is 22.8 Å². The van der Waals surface area contributed by atoms with Gasteiger partial charge in [-0.25, -0.2) is 19.9 Å². The van der Waals surface area contributed by atoms with Gasteiger partial charge < -0.3 is 18.0 Å². The van der Waals surface area contributed by atoms with Gasteiger partial charge in [0.2, 0.25) is 0 Å². The lowest BCUT2D eigenvalue weighted by molar-refractivity contribution is 0.667. The maximum absolute atomic E-state index is 6.47. The second-order valence-corrected chi connectivity index (χ2v) is 22.1. The Morgan fingerprint density at radius 2 is 0.534 bits per heavy atom. The first-order valence-corrected chi connectivity index (χ1v) is 29.5. The summed E-state index contributed by atoms with van der Waals surface area (Å²) in [5.74, 6) is 1.36. The molecule has 88 heavy (non-hydrogen) atoms. The fourth-order valence-corrected chi connectivity index (χ4v) is 12.7. The van der Waals surface area contributed by atoms with E-state index in [-0.39, 0.29) is 0 Å². The van der Waals surface area contributed by atoms with Crippen LogP contribution in [-0.2, 0) is 0 Å². The van der Waals surface area contributed by atoms with Crippen LogP contribution in [0.25, 0.3) is 167 Å². The monoisotopic (exact) mass is 1130 g/mol. The van der Waals surface area contributed by atoms with Crippen LogP contribution in [0, 0.1) is 0 Å². The molecule has 0 radical (unpaired) electrons. The molecule has 0 aliphatic heterocycles. The molecule has 0 saturated heterocycles. The Morgan fingerprint density at radius 3 is 0.920 bits per heavy atom. The molecule has 0 N–H and O–H groups in total. The zero-order valence-corrected chi connectivity index (χ0v) is 47.4. The van der Waals surface area contributed by atoms with Crippen molar-refractivity contribution in [2.24, 2.45) is 0 Å². The third-order valence-corrected chi connectivity index (χ3v) is 16.8. The minimum atomic E-state index is 0.681. The molecule has 8 nitrogen and oxygen atoms in total. The highest BCUT2D eigenvalue weighted by Crippen LogP contribution is 2.42. The van der Waals surface area contributed by atoms with Gasteiger partial charge in [0.1, 0.15) is 33.6 Å². The van der Waals surface area contributed by atoms with E-state index < -0.39 is 0 Å². The number of hydrogen-bond acceptors (Lipinski definition) is 6. The number of aromatic nitrogens is 6. The van der Waals surface area contributed by atoms with Crippen molar-refractivity contribution < 1.29 is 8.83 Å². The SMILES string of the molecule is c1ccc(-c2nc(-c3ccccc3)c3oc4ccc(-c5ccc6c(c5)c5ccccc5n6-c5ccccc5)cc4c3n2)cc1.c1ccc(-c2nc(-c3ccccc3)c3oc4ccc(-c5ccc6c(c5)c5ccccc5n6-c5ccccc5)cc4c3n2)cc1. The Labute approximate surface area is 505 Å². The summed E-state index contributed by atoms with van der Waals surface area (Å²) in [4.78, 5) is 20.1. The molecule has 6 heterocycles. The van der Waals surface area contributed by atoms with Gasteiger partial charge in [-0.1, -0.05) is 218 Å². The molecular formula is C80H50N6O2. The molecule has 0 aliphatic carbocycles. The Hall–Kier alpha value is -12.0. The molecule has 0 bridgehead atoms. The molecule has 0 fully saturated rings. The predicted octanol–water partition coefficient (Wildman–Crippen LogP) is 20.9. The zero-order chi connectivity index (χ0) is 58.1. The molecular weight excluding hydrogens is 1080 g/mol. The molecule has 8 heteroatoms. The molecule has 0 spiro atoms. The van der Waals surface area contributed by atoms with Crippen molar-refractivity contribution in [1.82, 2.24) is 29.1 Å². The molecule has 6 aromatic heterocycles. The van der Waals surface area contributed by atoms with E-state index in [9.17, 15) is 0 Å². The topological polar surface area (TPSA) is 87.7 Å². The van der Waals surface area contributed by atoms with Crippen molar-refractivity contribution >= 4 is 87.7 Å². The van der Waals surface area contributed by atoms with Crippen LogP contribution in [0.1, 0.15) is 0 Å². The molecule has 412 valence electrons. The summed E-state index contributed by atoms with van der Waals surface area (Å²) in [6.07, 6.45) is 0. The minimum Gasteiger partial charge on any atom is -0.452 e. The van der Waals surface area contributed by atoms with E-state index >= 15 is 0 Å². The quantitative estimate of drug-likeness (QED) is 0.151. The minimum absolute atomic E-state index is 0.681. The summed E-state index contributed by atoms with van der Waals surface area (Å²) in [6, 6.07) is 105. The molecule has 18 aromatic rings. The maximum atomic E-state index is 6.47. The van der Waals surface area contributed by atoms with Gasteiger partial charge in [-0.2, -0.15) is 0 Å². The van der Waals surface area contributed by atoms with Gasteiger partial charge in [0.25, 0.3) is 0 Å². The van der Waals surface area contributed by atoms with Crippen molar-refractivity contribution in [3.8, 4) is 78.9 Å². The van der Waals surface area contributed by atoms with Gasteiger partial charge in [-0.15, -0.1) is 0 Å². The van der Waals surface area contributed by atoms with Gasteiger partial charge in [0.15, 0.2) is 22.8 Å². The summed E-state index contributed by atoms with van der Waals surface area (Å²) in [5, 5.41) is 6.85. The highest BCUT2D eigenvalue weighted by atomic mass is 16.3. The first kappa shape index (κ1) is 50.5. The van der Waals surface area contributed by atoms with Gasteiger partial charge in [-0.05, 0) is 107 Å². The van der Waals surface area contributed by atoms with Crippen molar-refractivity contribution in [2.45, 2.75) is 0 Å². The number of nitrogens with zero attached hydrogens (tertiary/aromatic N) is 6. The predicted molar refractivity (Wildman–Crippen MR) is 360 cm³/mol. The second-order valence-electron chi connectivity index (χ2n) is 22.1. The zero-order valence-electron chi connectivity index (χ0n) is 47.4. The molecule has 0 aliphatic rings. The summed E-state index contributed by atoms with van der Waals surface area (Å²) in [6.45, 7) is 0. The number of para-hydroxylation sites is 4. The first-order valence-electron chi connectivity index (χ1n) is 29.5. The van der Waals surface area contributed by atoms with Crippen molar-refractivity contribution in [3.63, 3.8) is 0 Å². The van der Waals surface area contributed by atoms with Crippen molar-refractivity contribution in [2.75, 3.05) is 0 Å². The van der Waals surface area contributed by atoms with Gasteiger partial charge in [0.05, 0.1) is 22.1 Å². The van der Waals surface area contributed by atoms with E-state index in [4.69, 9.17) is 28.8 Å². The third kappa shape index (κ3) is 8.61. The lowest BCUT2D eigenvalue weighted by Gasteiger charge is -2.08. The molecule has 0 amide bonds. The Balaban J connectivity index is 0.000000137. The maximum Gasteiger partial charge on any atom is 0.180 e.